The van der Waals surface area contributed by atoms with Crippen molar-refractivity contribution in [3.05, 3.63) is 78.8 Å². The smallest absolute Gasteiger partial charge is 0.255 e. The molecule has 1 amide bonds. The largest absolute Gasteiger partial charge is 0.388 e. The van der Waals surface area contributed by atoms with Gasteiger partial charge in [-0.15, -0.1) is 0 Å². The number of aromatic nitrogens is 2. The summed E-state index contributed by atoms with van der Waals surface area (Å²) < 4.78 is 0. The maximum atomic E-state index is 12.6. The third-order valence-electron chi connectivity index (χ3n) is 5.91. The lowest BCUT2D eigenvalue weighted by Gasteiger charge is -2.30. The first kappa shape index (κ1) is 22.3. The van der Waals surface area contributed by atoms with E-state index in [1.54, 1.807) is 12.1 Å². The zero-order chi connectivity index (χ0) is 23.0. The van der Waals surface area contributed by atoms with Crippen LogP contribution in [0.25, 0.3) is 11.1 Å². The van der Waals surface area contributed by atoms with Gasteiger partial charge in [0.2, 0.25) is 0 Å². The lowest BCUT2D eigenvalue weighted by Crippen LogP contribution is -2.34. The summed E-state index contributed by atoms with van der Waals surface area (Å²) in [5, 5.41) is 9.92. The lowest BCUT2D eigenvalue weighted by molar-refractivity contribution is 0.102. The van der Waals surface area contributed by atoms with Crippen LogP contribution in [0.4, 0.5) is 17.3 Å². The van der Waals surface area contributed by atoms with Crippen molar-refractivity contribution in [2.45, 2.75) is 44.7 Å². The Morgan fingerprint density at radius 1 is 0.970 bits per heavy atom. The Hall–Kier alpha value is -3.87. The number of nitrogens with one attached hydrogen (secondary N) is 3. The van der Waals surface area contributed by atoms with Gasteiger partial charge in [0.1, 0.15) is 18.0 Å². The highest BCUT2D eigenvalue weighted by atomic mass is 16.1. The van der Waals surface area contributed by atoms with E-state index in [1.807, 2.05) is 61.7 Å². The van der Waals surface area contributed by atoms with Gasteiger partial charge >= 0.3 is 0 Å². The number of nitrogen functional groups attached to an aromatic ring is 1. The maximum Gasteiger partial charge on any atom is 0.255 e. The van der Waals surface area contributed by atoms with Crippen LogP contribution in [0.2, 0.25) is 0 Å². The molecule has 1 aliphatic carbocycles. The Morgan fingerprint density at radius 2 is 1.67 bits per heavy atom. The van der Waals surface area contributed by atoms with E-state index in [4.69, 9.17) is 5.73 Å². The number of anilines is 3. The van der Waals surface area contributed by atoms with E-state index in [9.17, 15) is 4.79 Å². The second kappa shape index (κ2) is 10.6. The number of hydrogen-bond donors (Lipinski definition) is 4. The minimum Gasteiger partial charge on any atom is -0.388 e. The molecule has 1 saturated carbocycles. The highest BCUT2D eigenvalue weighted by molar-refractivity contribution is 6.04. The van der Waals surface area contributed by atoms with Crippen molar-refractivity contribution in [3.63, 3.8) is 0 Å². The normalized spacial score (nSPS) is 18.1. The third kappa shape index (κ3) is 5.68. The number of carbonyl (C=O) groups excluding carboxylic acids is 1. The molecule has 3 aromatic rings. The average molecular weight is 443 g/mol. The number of amides is 1. The summed E-state index contributed by atoms with van der Waals surface area (Å²) in [5.41, 5.74) is 9.21. The Bertz CT molecular complexity index is 1090. The van der Waals surface area contributed by atoms with E-state index in [-0.39, 0.29) is 5.91 Å². The molecule has 0 bridgehead atoms. The number of carbonyl (C=O) groups is 1. The number of nitrogens with two attached hydrogens (primary N) is 1. The second-order valence-corrected chi connectivity index (χ2v) is 8.24. The third-order valence-corrected chi connectivity index (χ3v) is 5.91. The molecular formula is C26H30N6O. The first-order chi connectivity index (χ1) is 16.1. The van der Waals surface area contributed by atoms with Crippen LogP contribution in [0.1, 0.15) is 43.0 Å². The first-order valence-electron chi connectivity index (χ1n) is 11.3. The molecule has 0 radical (unpaired) electrons. The van der Waals surface area contributed by atoms with Crippen molar-refractivity contribution in [1.29, 1.82) is 0 Å². The quantitative estimate of drug-likeness (QED) is 0.418. The van der Waals surface area contributed by atoms with Crippen molar-refractivity contribution in [3.8, 4) is 11.1 Å². The molecule has 1 fully saturated rings. The molecule has 2 aromatic carbocycles. The molecule has 1 aromatic heterocycles. The molecule has 7 nitrogen and oxygen atoms in total. The van der Waals surface area contributed by atoms with Crippen LogP contribution < -0.4 is 21.7 Å². The van der Waals surface area contributed by atoms with Crippen molar-refractivity contribution in [1.82, 2.24) is 15.3 Å². The van der Waals surface area contributed by atoms with Gasteiger partial charge in [-0.05, 0) is 68.6 Å². The van der Waals surface area contributed by atoms with Crippen molar-refractivity contribution >= 4 is 23.2 Å². The van der Waals surface area contributed by atoms with Crippen LogP contribution in [0.15, 0.2) is 73.2 Å². The zero-order valence-corrected chi connectivity index (χ0v) is 18.8. The topological polar surface area (TPSA) is 105 Å². The number of benzene rings is 2. The lowest BCUT2D eigenvalue weighted by atomic mass is 9.91. The Kier molecular flexibility index (Phi) is 7.19. The molecule has 1 heterocycles. The van der Waals surface area contributed by atoms with Crippen molar-refractivity contribution in [2.24, 2.45) is 0 Å². The second-order valence-electron chi connectivity index (χ2n) is 8.24. The molecular weight excluding hydrogens is 412 g/mol. The van der Waals surface area contributed by atoms with Gasteiger partial charge in [-0.1, -0.05) is 36.4 Å². The highest BCUT2D eigenvalue weighted by Crippen LogP contribution is 2.33. The van der Waals surface area contributed by atoms with Gasteiger partial charge in [0.15, 0.2) is 0 Å². The summed E-state index contributed by atoms with van der Waals surface area (Å²) in [6, 6.07) is 17.6. The van der Waals surface area contributed by atoms with E-state index >= 15 is 0 Å². The molecule has 5 N–H and O–H groups in total. The van der Waals surface area contributed by atoms with Gasteiger partial charge in [-0.3, -0.25) is 4.79 Å². The highest BCUT2D eigenvalue weighted by Gasteiger charge is 2.22. The Morgan fingerprint density at radius 3 is 2.36 bits per heavy atom. The fraction of sp³-hybridized carbons (Fsp3) is 0.269. The summed E-state index contributed by atoms with van der Waals surface area (Å²) >= 11 is 0. The fourth-order valence-corrected chi connectivity index (χ4v) is 4.14. The zero-order valence-electron chi connectivity index (χ0n) is 18.8. The number of allylic oxidation sites excluding steroid dienone is 1. The Labute approximate surface area is 194 Å². The number of rotatable bonds is 7. The maximum absolute atomic E-state index is 12.6. The van der Waals surface area contributed by atoms with E-state index < -0.39 is 0 Å². The fourth-order valence-electron chi connectivity index (χ4n) is 4.14. The molecule has 0 spiro atoms. The van der Waals surface area contributed by atoms with E-state index in [1.165, 1.54) is 6.33 Å². The van der Waals surface area contributed by atoms with Crippen LogP contribution in [-0.2, 0) is 0 Å². The minimum atomic E-state index is -0.160. The molecule has 0 unspecified atom stereocenters. The van der Waals surface area contributed by atoms with E-state index in [0.717, 1.165) is 48.3 Å². The molecule has 33 heavy (non-hydrogen) atoms. The predicted molar refractivity (Wildman–Crippen MR) is 134 cm³/mol. The molecule has 1 aliphatic rings. The van der Waals surface area contributed by atoms with Gasteiger partial charge in [0.25, 0.3) is 5.91 Å². The number of nitrogens with zero attached hydrogens (tertiary/aromatic N) is 2. The number of hydrogen-bond acceptors (Lipinski definition) is 6. The van der Waals surface area contributed by atoms with Crippen LogP contribution in [0.5, 0.6) is 0 Å². The van der Waals surface area contributed by atoms with Crippen LogP contribution >= 0.6 is 0 Å². The Balaban J connectivity index is 1.46. The molecule has 7 heteroatoms. The molecule has 0 aliphatic heterocycles. The van der Waals surface area contributed by atoms with Crippen molar-refractivity contribution < 1.29 is 4.79 Å². The predicted octanol–water partition coefficient (Wildman–Crippen LogP) is 4.82. The molecule has 4 rings (SSSR count). The standard InChI is InChI=1S/C26H30N6O/c1-2-16-28-20-12-14-22(15-13-20)31-25-23(24(27)29-17-30-25)18-8-10-19(11-9-18)26(33)32-21-6-4-3-5-7-21/h2-11,16-17,20,22,28H,12-15H2,1H3,(H,32,33)(H3,27,29,30,31)/t20-,22+. The monoisotopic (exact) mass is 442 g/mol. The molecule has 170 valence electrons. The summed E-state index contributed by atoms with van der Waals surface area (Å²) in [4.78, 5) is 21.3. The van der Waals surface area contributed by atoms with Gasteiger partial charge < -0.3 is 21.7 Å². The molecule has 0 saturated heterocycles. The van der Waals surface area contributed by atoms with Crippen LogP contribution in [0.3, 0.4) is 0 Å². The van der Waals surface area contributed by atoms with E-state index in [0.29, 0.717) is 23.5 Å². The molecule has 0 atom stereocenters. The van der Waals surface area contributed by atoms with Gasteiger partial charge in [-0.25, -0.2) is 9.97 Å². The average Bonchev–Trinajstić information content (AvgIpc) is 2.84. The van der Waals surface area contributed by atoms with Gasteiger partial charge in [0, 0.05) is 23.3 Å². The van der Waals surface area contributed by atoms with Gasteiger partial charge in [-0.2, -0.15) is 0 Å². The van der Waals surface area contributed by atoms with Crippen LogP contribution in [-0.4, -0.2) is 28.0 Å². The van der Waals surface area contributed by atoms with Crippen LogP contribution in [0, 0.1) is 0 Å². The summed E-state index contributed by atoms with van der Waals surface area (Å²) in [6.45, 7) is 2.02. The summed E-state index contributed by atoms with van der Waals surface area (Å²) in [6.07, 6.45) is 9.84. The minimum absolute atomic E-state index is 0.160. The summed E-state index contributed by atoms with van der Waals surface area (Å²) in [7, 11) is 0. The number of para-hydroxylation sites is 1. The summed E-state index contributed by atoms with van der Waals surface area (Å²) in [5.74, 6) is 0.984. The van der Waals surface area contributed by atoms with Crippen molar-refractivity contribution in [2.75, 3.05) is 16.4 Å². The van der Waals surface area contributed by atoms with Gasteiger partial charge in [0.05, 0.1) is 5.56 Å². The SMILES string of the molecule is CC=CN[C@H]1CC[C@@H](Nc2ncnc(N)c2-c2ccc(C(=O)Nc3ccccc3)cc2)CC1. The van der Waals surface area contributed by atoms with E-state index in [2.05, 4.69) is 25.9 Å². The first-order valence-corrected chi connectivity index (χ1v) is 11.3.